The Balaban J connectivity index is 1.96. The van der Waals surface area contributed by atoms with Crippen molar-refractivity contribution in [3.63, 3.8) is 0 Å². The first-order chi connectivity index (χ1) is 9.30. The molecule has 1 atom stereocenters. The minimum atomic E-state index is -0.473. The normalized spacial score (nSPS) is 18.2. The van der Waals surface area contributed by atoms with Crippen molar-refractivity contribution in [2.45, 2.75) is 31.7 Å². The zero-order valence-corrected chi connectivity index (χ0v) is 11.8. The molecule has 1 aromatic rings. The maximum absolute atomic E-state index is 9.84. The van der Waals surface area contributed by atoms with E-state index < -0.39 is 5.54 Å². The second-order valence-corrected chi connectivity index (χ2v) is 5.42. The first-order valence-electron chi connectivity index (χ1n) is 7.30. The summed E-state index contributed by atoms with van der Waals surface area (Å²) in [5, 5.41) is 13.2. The summed E-state index contributed by atoms with van der Waals surface area (Å²) in [4.78, 5) is 0. The van der Waals surface area contributed by atoms with Gasteiger partial charge in [-0.15, -0.1) is 0 Å². The molecule has 0 aromatic heterocycles. The van der Waals surface area contributed by atoms with Gasteiger partial charge in [-0.05, 0) is 24.4 Å². The molecule has 0 radical (unpaired) electrons. The molecule has 1 aromatic carbocycles. The lowest BCUT2D eigenvalue weighted by atomic mass is 9.91. The molecule has 19 heavy (non-hydrogen) atoms. The quantitative estimate of drug-likeness (QED) is 0.672. The van der Waals surface area contributed by atoms with Crippen LogP contribution in [0.3, 0.4) is 0 Å². The maximum Gasteiger partial charge on any atom is 0.0905 e. The van der Waals surface area contributed by atoms with Crippen LogP contribution in [0.15, 0.2) is 30.3 Å². The fraction of sp³-hybridized carbons (Fsp3) is 0.625. The molecule has 0 heterocycles. The zero-order valence-electron chi connectivity index (χ0n) is 11.8. The van der Waals surface area contributed by atoms with Crippen LogP contribution in [-0.4, -0.2) is 31.5 Å². The summed E-state index contributed by atoms with van der Waals surface area (Å²) in [7, 11) is 0. The highest BCUT2D eigenvalue weighted by atomic mass is 16.5. The Morgan fingerprint density at radius 3 is 2.63 bits per heavy atom. The SMILES string of the molecule is CCNC(CO)(COCCC1CC1)c1ccccc1. The minimum absolute atomic E-state index is 0.0499. The Bertz CT molecular complexity index is 364. The van der Waals surface area contributed by atoms with Crippen LogP contribution in [0.25, 0.3) is 0 Å². The average Bonchev–Trinajstić information content (AvgIpc) is 3.27. The van der Waals surface area contributed by atoms with Gasteiger partial charge in [0.05, 0.1) is 18.8 Å². The van der Waals surface area contributed by atoms with Crippen LogP contribution in [0.5, 0.6) is 0 Å². The molecule has 3 nitrogen and oxygen atoms in total. The fourth-order valence-corrected chi connectivity index (χ4v) is 2.43. The van der Waals surface area contributed by atoms with Crippen LogP contribution in [0, 0.1) is 5.92 Å². The molecule has 0 amide bonds. The number of aliphatic hydroxyl groups excluding tert-OH is 1. The van der Waals surface area contributed by atoms with E-state index in [9.17, 15) is 5.11 Å². The van der Waals surface area contributed by atoms with Crippen molar-refractivity contribution in [1.82, 2.24) is 5.32 Å². The van der Waals surface area contributed by atoms with Gasteiger partial charge in [-0.1, -0.05) is 50.1 Å². The lowest BCUT2D eigenvalue weighted by Crippen LogP contribution is -2.49. The highest BCUT2D eigenvalue weighted by Crippen LogP contribution is 2.32. The molecule has 1 unspecified atom stereocenters. The van der Waals surface area contributed by atoms with Gasteiger partial charge in [-0.3, -0.25) is 0 Å². The van der Waals surface area contributed by atoms with Gasteiger partial charge in [-0.25, -0.2) is 0 Å². The first-order valence-corrected chi connectivity index (χ1v) is 7.30. The van der Waals surface area contributed by atoms with Gasteiger partial charge in [0.25, 0.3) is 0 Å². The van der Waals surface area contributed by atoms with Gasteiger partial charge in [0, 0.05) is 6.61 Å². The van der Waals surface area contributed by atoms with Gasteiger partial charge in [-0.2, -0.15) is 0 Å². The standard InChI is InChI=1S/C16H25NO2/c1-2-17-16(12-18,15-6-4-3-5-7-15)13-19-11-10-14-8-9-14/h3-7,14,17-18H,2,8-13H2,1H3. The highest BCUT2D eigenvalue weighted by molar-refractivity contribution is 5.25. The number of benzene rings is 1. The van der Waals surface area contributed by atoms with Crippen LogP contribution < -0.4 is 5.32 Å². The number of hydrogen-bond donors (Lipinski definition) is 2. The van der Waals surface area contributed by atoms with Crippen LogP contribution in [0.2, 0.25) is 0 Å². The molecule has 0 spiro atoms. The van der Waals surface area contributed by atoms with E-state index >= 15 is 0 Å². The summed E-state index contributed by atoms with van der Waals surface area (Å²) in [6.07, 6.45) is 3.88. The molecular weight excluding hydrogens is 238 g/mol. The van der Waals surface area contributed by atoms with E-state index in [1.54, 1.807) is 0 Å². The van der Waals surface area contributed by atoms with Gasteiger partial charge < -0.3 is 15.2 Å². The third-order valence-electron chi connectivity index (χ3n) is 3.83. The monoisotopic (exact) mass is 263 g/mol. The second-order valence-electron chi connectivity index (χ2n) is 5.42. The Hall–Kier alpha value is -0.900. The van der Waals surface area contributed by atoms with E-state index in [-0.39, 0.29) is 6.61 Å². The molecule has 1 aliphatic carbocycles. The van der Waals surface area contributed by atoms with Crippen molar-refractivity contribution >= 4 is 0 Å². The Morgan fingerprint density at radius 1 is 1.32 bits per heavy atom. The summed E-state index contributed by atoms with van der Waals surface area (Å²) < 4.78 is 5.83. The minimum Gasteiger partial charge on any atom is -0.394 e. The van der Waals surface area contributed by atoms with Crippen molar-refractivity contribution in [2.75, 3.05) is 26.4 Å². The van der Waals surface area contributed by atoms with Crippen LogP contribution in [-0.2, 0) is 10.3 Å². The second kappa shape index (κ2) is 7.04. The van der Waals surface area contributed by atoms with Crippen molar-refractivity contribution in [3.8, 4) is 0 Å². The van der Waals surface area contributed by atoms with E-state index in [1.165, 1.54) is 12.8 Å². The molecule has 3 heteroatoms. The van der Waals surface area contributed by atoms with Crippen molar-refractivity contribution in [1.29, 1.82) is 0 Å². The Morgan fingerprint density at radius 2 is 2.05 bits per heavy atom. The molecule has 0 bridgehead atoms. The van der Waals surface area contributed by atoms with E-state index in [4.69, 9.17) is 4.74 Å². The molecule has 2 N–H and O–H groups in total. The lowest BCUT2D eigenvalue weighted by molar-refractivity contribution is 0.0319. The molecule has 2 rings (SSSR count). The van der Waals surface area contributed by atoms with Gasteiger partial charge in [0.2, 0.25) is 0 Å². The third-order valence-corrected chi connectivity index (χ3v) is 3.83. The maximum atomic E-state index is 9.84. The third kappa shape index (κ3) is 4.03. The van der Waals surface area contributed by atoms with Crippen LogP contribution in [0.4, 0.5) is 0 Å². The highest BCUT2D eigenvalue weighted by Gasteiger charge is 2.31. The summed E-state index contributed by atoms with van der Waals surface area (Å²) in [5.74, 6) is 0.888. The van der Waals surface area contributed by atoms with Gasteiger partial charge in [0.15, 0.2) is 0 Å². The number of likely N-dealkylation sites (N-methyl/N-ethyl adjacent to an activating group) is 1. The Labute approximate surface area is 116 Å². The predicted molar refractivity (Wildman–Crippen MR) is 77.0 cm³/mol. The first kappa shape index (κ1) is 14.5. The van der Waals surface area contributed by atoms with Gasteiger partial charge >= 0.3 is 0 Å². The predicted octanol–water partition coefficient (Wildman–Crippen LogP) is 2.30. The van der Waals surface area contributed by atoms with Gasteiger partial charge in [0.1, 0.15) is 0 Å². The molecule has 0 aliphatic heterocycles. The largest absolute Gasteiger partial charge is 0.394 e. The van der Waals surface area contributed by atoms with Crippen LogP contribution in [0.1, 0.15) is 31.7 Å². The van der Waals surface area contributed by atoms with E-state index in [1.807, 2.05) is 30.3 Å². The summed E-state index contributed by atoms with van der Waals surface area (Å²) in [6.45, 7) is 4.23. The Kier molecular flexibility index (Phi) is 5.37. The van der Waals surface area contributed by atoms with E-state index in [2.05, 4.69) is 12.2 Å². The number of hydrogen-bond acceptors (Lipinski definition) is 3. The number of aliphatic hydroxyl groups is 1. The number of nitrogens with one attached hydrogen (secondary N) is 1. The lowest BCUT2D eigenvalue weighted by Gasteiger charge is -2.33. The molecule has 0 saturated heterocycles. The van der Waals surface area contributed by atoms with E-state index in [0.29, 0.717) is 6.61 Å². The summed E-state index contributed by atoms with van der Waals surface area (Å²) in [5.41, 5.74) is 0.616. The smallest absolute Gasteiger partial charge is 0.0905 e. The van der Waals surface area contributed by atoms with Crippen molar-refractivity contribution in [3.05, 3.63) is 35.9 Å². The summed E-state index contributed by atoms with van der Waals surface area (Å²) >= 11 is 0. The molecule has 1 aliphatic rings. The van der Waals surface area contributed by atoms with Crippen LogP contribution >= 0.6 is 0 Å². The molecule has 1 saturated carbocycles. The van der Waals surface area contributed by atoms with Crippen molar-refractivity contribution in [2.24, 2.45) is 5.92 Å². The van der Waals surface area contributed by atoms with E-state index in [0.717, 1.165) is 31.1 Å². The number of ether oxygens (including phenoxy) is 1. The number of rotatable bonds is 9. The fourth-order valence-electron chi connectivity index (χ4n) is 2.43. The molecular formula is C16H25NO2. The zero-order chi connectivity index (χ0) is 13.6. The molecule has 106 valence electrons. The topological polar surface area (TPSA) is 41.5 Å². The average molecular weight is 263 g/mol. The summed E-state index contributed by atoms with van der Waals surface area (Å²) in [6, 6.07) is 10.1. The molecule has 1 fully saturated rings. The van der Waals surface area contributed by atoms with Crippen molar-refractivity contribution < 1.29 is 9.84 Å².